The summed E-state index contributed by atoms with van der Waals surface area (Å²) in [6.07, 6.45) is 4.31. The Labute approximate surface area is 118 Å². The van der Waals surface area contributed by atoms with E-state index in [9.17, 15) is 4.79 Å². The molecule has 1 aromatic heterocycles. The molecule has 0 bridgehead atoms. The third kappa shape index (κ3) is 3.60. The van der Waals surface area contributed by atoms with Crippen LogP contribution in [-0.2, 0) is 6.54 Å². The van der Waals surface area contributed by atoms with Crippen molar-refractivity contribution in [2.45, 2.75) is 25.4 Å². The van der Waals surface area contributed by atoms with Gasteiger partial charge in [0.15, 0.2) is 0 Å². The standard InChI is InChI=1S/C14H20N4O2/c19-14-15-5-6-18(14)7-8-20-13-4-3-12(17-10-13)9-16-11-1-2-11/h3-4,10-11,16H,1-2,5-9H2,(H,15,19). The van der Waals surface area contributed by atoms with Gasteiger partial charge in [-0.2, -0.15) is 0 Å². The summed E-state index contributed by atoms with van der Waals surface area (Å²) in [4.78, 5) is 17.4. The molecule has 0 atom stereocenters. The second-order valence-corrected chi connectivity index (χ2v) is 5.21. The molecule has 0 spiro atoms. The molecule has 0 radical (unpaired) electrons. The maximum Gasteiger partial charge on any atom is 0.317 e. The summed E-state index contributed by atoms with van der Waals surface area (Å²) in [7, 11) is 0. The van der Waals surface area contributed by atoms with Crippen molar-refractivity contribution in [3.8, 4) is 5.75 Å². The van der Waals surface area contributed by atoms with E-state index in [-0.39, 0.29) is 6.03 Å². The summed E-state index contributed by atoms with van der Waals surface area (Å²) >= 11 is 0. The number of aromatic nitrogens is 1. The quantitative estimate of drug-likeness (QED) is 0.771. The van der Waals surface area contributed by atoms with Gasteiger partial charge in [0.2, 0.25) is 0 Å². The van der Waals surface area contributed by atoms with Gasteiger partial charge in [0.05, 0.1) is 18.4 Å². The highest BCUT2D eigenvalue weighted by Gasteiger charge is 2.20. The number of ether oxygens (including phenoxy) is 1. The third-order valence-electron chi connectivity index (χ3n) is 3.52. The average molecular weight is 276 g/mol. The van der Waals surface area contributed by atoms with Crippen LogP contribution in [0.5, 0.6) is 5.75 Å². The molecule has 20 heavy (non-hydrogen) atoms. The molecule has 0 aromatic carbocycles. The molecule has 0 unspecified atom stereocenters. The number of urea groups is 1. The molecule has 6 nitrogen and oxygen atoms in total. The van der Waals surface area contributed by atoms with Crippen LogP contribution in [0.15, 0.2) is 18.3 Å². The number of carbonyl (C=O) groups excluding carboxylic acids is 1. The van der Waals surface area contributed by atoms with E-state index in [1.807, 2.05) is 12.1 Å². The lowest BCUT2D eigenvalue weighted by atomic mass is 10.3. The van der Waals surface area contributed by atoms with E-state index in [0.29, 0.717) is 19.2 Å². The van der Waals surface area contributed by atoms with Crippen LogP contribution in [-0.4, -0.2) is 48.2 Å². The molecule has 2 heterocycles. The van der Waals surface area contributed by atoms with Crippen molar-refractivity contribution in [3.63, 3.8) is 0 Å². The number of hydrogen-bond donors (Lipinski definition) is 2. The van der Waals surface area contributed by atoms with Gasteiger partial charge in [0, 0.05) is 25.7 Å². The highest BCUT2D eigenvalue weighted by molar-refractivity contribution is 5.76. The lowest BCUT2D eigenvalue weighted by Gasteiger charge is -2.14. The largest absolute Gasteiger partial charge is 0.490 e. The van der Waals surface area contributed by atoms with Crippen molar-refractivity contribution in [2.75, 3.05) is 26.2 Å². The summed E-state index contributed by atoms with van der Waals surface area (Å²) < 4.78 is 5.60. The number of nitrogens with zero attached hydrogens (tertiary/aromatic N) is 2. The minimum absolute atomic E-state index is 0.00627. The fraction of sp³-hybridized carbons (Fsp3) is 0.571. The van der Waals surface area contributed by atoms with Crippen LogP contribution in [0.1, 0.15) is 18.5 Å². The Kier molecular flexibility index (Phi) is 4.01. The Hall–Kier alpha value is -1.82. The van der Waals surface area contributed by atoms with Gasteiger partial charge in [-0.15, -0.1) is 0 Å². The fourth-order valence-corrected chi connectivity index (χ4v) is 2.14. The summed E-state index contributed by atoms with van der Waals surface area (Å²) in [5.41, 5.74) is 1.03. The minimum atomic E-state index is -0.00627. The molecule has 3 rings (SSSR count). The number of carbonyl (C=O) groups is 1. The summed E-state index contributed by atoms with van der Waals surface area (Å²) in [5, 5.41) is 6.19. The SMILES string of the molecule is O=C1NCCN1CCOc1ccc(CNC2CC2)nc1. The van der Waals surface area contributed by atoms with Crippen molar-refractivity contribution in [1.82, 2.24) is 20.5 Å². The van der Waals surface area contributed by atoms with Crippen LogP contribution in [0, 0.1) is 0 Å². The Balaban J connectivity index is 1.39. The summed E-state index contributed by atoms with van der Waals surface area (Å²) in [6, 6.07) is 4.60. The fourth-order valence-electron chi connectivity index (χ4n) is 2.14. The number of amides is 2. The summed E-state index contributed by atoms with van der Waals surface area (Å²) in [5.74, 6) is 0.750. The third-order valence-corrected chi connectivity index (χ3v) is 3.52. The topological polar surface area (TPSA) is 66.5 Å². The zero-order chi connectivity index (χ0) is 13.8. The van der Waals surface area contributed by atoms with Gasteiger partial charge >= 0.3 is 6.03 Å². The number of hydrogen-bond acceptors (Lipinski definition) is 4. The molecule has 108 valence electrons. The molecule has 6 heteroatoms. The maximum absolute atomic E-state index is 11.3. The van der Waals surface area contributed by atoms with E-state index < -0.39 is 0 Å². The molecule has 1 saturated carbocycles. The summed E-state index contributed by atoms with van der Waals surface area (Å²) in [6.45, 7) is 3.40. The first kappa shape index (κ1) is 13.2. The molecule has 1 saturated heterocycles. The predicted octanol–water partition coefficient (Wildman–Crippen LogP) is 0.738. The number of pyridine rings is 1. The second-order valence-electron chi connectivity index (χ2n) is 5.21. The molecule has 2 amide bonds. The van der Waals surface area contributed by atoms with Gasteiger partial charge < -0.3 is 20.3 Å². The zero-order valence-electron chi connectivity index (χ0n) is 11.5. The monoisotopic (exact) mass is 276 g/mol. The first-order chi connectivity index (χ1) is 9.81. The molecule has 1 aliphatic carbocycles. The predicted molar refractivity (Wildman–Crippen MR) is 74.6 cm³/mol. The highest BCUT2D eigenvalue weighted by atomic mass is 16.5. The van der Waals surface area contributed by atoms with Gasteiger partial charge in [-0.1, -0.05) is 0 Å². The van der Waals surface area contributed by atoms with Crippen molar-refractivity contribution in [3.05, 3.63) is 24.0 Å². The number of nitrogens with one attached hydrogen (secondary N) is 2. The van der Waals surface area contributed by atoms with Crippen molar-refractivity contribution in [2.24, 2.45) is 0 Å². The van der Waals surface area contributed by atoms with E-state index in [1.165, 1.54) is 12.8 Å². The lowest BCUT2D eigenvalue weighted by Crippen LogP contribution is -2.31. The normalized spacial score (nSPS) is 18.2. The number of rotatable bonds is 7. The van der Waals surface area contributed by atoms with E-state index in [4.69, 9.17) is 4.74 Å². The van der Waals surface area contributed by atoms with Crippen molar-refractivity contribution >= 4 is 6.03 Å². The first-order valence-corrected chi connectivity index (χ1v) is 7.15. The van der Waals surface area contributed by atoms with Crippen molar-refractivity contribution < 1.29 is 9.53 Å². The maximum atomic E-state index is 11.3. The molecule has 2 aliphatic rings. The smallest absolute Gasteiger partial charge is 0.317 e. The van der Waals surface area contributed by atoms with Crippen LogP contribution in [0.3, 0.4) is 0 Å². The lowest BCUT2D eigenvalue weighted by molar-refractivity contribution is 0.202. The van der Waals surface area contributed by atoms with E-state index in [0.717, 1.165) is 31.1 Å². The van der Waals surface area contributed by atoms with Crippen LogP contribution in [0.2, 0.25) is 0 Å². The van der Waals surface area contributed by atoms with E-state index in [2.05, 4.69) is 15.6 Å². The molecule has 1 aromatic rings. The van der Waals surface area contributed by atoms with Gasteiger partial charge in [-0.25, -0.2) is 4.79 Å². The second kappa shape index (κ2) is 6.09. The van der Waals surface area contributed by atoms with Gasteiger partial charge in [-0.05, 0) is 25.0 Å². The van der Waals surface area contributed by atoms with Crippen LogP contribution in [0.25, 0.3) is 0 Å². The molecule has 1 aliphatic heterocycles. The molecule has 2 N–H and O–H groups in total. The van der Waals surface area contributed by atoms with Gasteiger partial charge in [-0.3, -0.25) is 4.98 Å². The van der Waals surface area contributed by atoms with Crippen LogP contribution >= 0.6 is 0 Å². The van der Waals surface area contributed by atoms with Gasteiger partial charge in [0.25, 0.3) is 0 Å². The Morgan fingerprint density at radius 2 is 2.35 bits per heavy atom. The van der Waals surface area contributed by atoms with Crippen LogP contribution < -0.4 is 15.4 Å². The Bertz CT molecular complexity index is 459. The zero-order valence-corrected chi connectivity index (χ0v) is 11.5. The first-order valence-electron chi connectivity index (χ1n) is 7.15. The van der Waals surface area contributed by atoms with Crippen LogP contribution in [0.4, 0.5) is 4.79 Å². The molecular weight excluding hydrogens is 256 g/mol. The molecular formula is C14H20N4O2. The Morgan fingerprint density at radius 1 is 1.45 bits per heavy atom. The Morgan fingerprint density at radius 3 is 3.00 bits per heavy atom. The molecule has 2 fully saturated rings. The minimum Gasteiger partial charge on any atom is -0.490 e. The van der Waals surface area contributed by atoms with Gasteiger partial charge in [0.1, 0.15) is 12.4 Å². The average Bonchev–Trinajstić information content (AvgIpc) is 3.21. The van der Waals surface area contributed by atoms with E-state index >= 15 is 0 Å². The van der Waals surface area contributed by atoms with Crippen molar-refractivity contribution in [1.29, 1.82) is 0 Å². The van der Waals surface area contributed by atoms with E-state index in [1.54, 1.807) is 11.1 Å². The highest BCUT2D eigenvalue weighted by Crippen LogP contribution is 2.19.